The number of rotatable bonds is 3. The third-order valence-electron chi connectivity index (χ3n) is 5.29. The van der Waals surface area contributed by atoms with Crippen LogP contribution in [0.4, 0.5) is 0 Å². The minimum atomic E-state index is 0.398. The maximum Gasteiger partial charge on any atom is 0.0547 e. The Kier molecular flexibility index (Phi) is 4.30. The Labute approximate surface area is 139 Å². The third-order valence-corrected chi connectivity index (χ3v) is 5.29. The average molecular weight is 303 g/mol. The first-order valence-electron chi connectivity index (χ1n) is 8.99. The predicted molar refractivity (Wildman–Crippen MR) is 97.3 cm³/mol. The molecule has 0 aromatic heterocycles. The van der Waals surface area contributed by atoms with Crippen LogP contribution in [0.2, 0.25) is 0 Å². The highest BCUT2D eigenvalue weighted by atomic mass is 15.0. The van der Waals surface area contributed by atoms with Crippen LogP contribution in [-0.4, -0.2) is 6.04 Å². The van der Waals surface area contributed by atoms with Crippen LogP contribution in [0, 0.1) is 0 Å². The lowest BCUT2D eigenvalue weighted by Gasteiger charge is -2.28. The van der Waals surface area contributed by atoms with E-state index in [0.717, 1.165) is 6.42 Å². The predicted octanol–water partition coefficient (Wildman–Crippen LogP) is 5.29. The van der Waals surface area contributed by atoms with Gasteiger partial charge in [0.05, 0.1) is 6.04 Å². The molecule has 1 atom stereocenters. The lowest BCUT2D eigenvalue weighted by molar-refractivity contribution is 0.355. The van der Waals surface area contributed by atoms with Gasteiger partial charge in [0.25, 0.3) is 0 Å². The lowest BCUT2D eigenvalue weighted by Crippen LogP contribution is -2.34. The van der Waals surface area contributed by atoms with E-state index in [0.29, 0.717) is 12.1 Å². The molecule has 2 aromatic carbocycles. The van der Waals surface area contributed by atoms with Crippen molar-refractivity contribution in [3.8, 4) is 0 Å². The Morgan fingerprint density at radius 1 is 0.826 bits per heavy atom. The van der Waals surface area contributed by atoms with Crippen LogP contribution in [0.25, 0.3) is 6.08 Å². The Morgan fingerprint density at radius 3 is 2.39 bits per heavy atom. The van der Waals surface area contributed by atoms with E-state index >= 15 is 0 Å². The summed E-state index contributed by atoms with van der Waals surface area (Å²) in [4.78, 5) is 0. The number of hydrogen-bond acceptors (Lipinski definition) is 1. The SMILES string of the molecule is C(=C1Cc2ccccc2C1NC1CCCCC1)c1ccccc1. The van der Waals surface area contributed by atoms with Gasteiger partial charge in [0.1, 0.15) is 0 Å². The second kappa shape index (κ2) is 6.72. The molecule has 2 aromatic rings. The van der Waals surface area contributed by atoms with E-state index in [9.17, 15) is 0 Å². The van der Waals surface area contributed by atoms with E-state index in [1.807, 2.05) is 0 Å². The van der Waals surface area contributed by atoms with Gasteiger partial charge in [-0.25, -0.2) is 0 Å². The van der Waals surface area contributed by atoms with Crippen LogP contribution in [0.15, 0.2) is 60.2 Å². The van der Waals surface area contributed by atoms with Gasteiger partial charge in [-0.2, -0.15) is 0 Å². The fourth-order valence-electron chi connectivity index (χ4n) is 4.10. The summed E-state index contributed by atoms with van der Waals surface area (Å²) in [6.07, 6.45) is 10.3. The minimum Gasteiger partial charge on any atom is -0.304 e. The zero-order valence-electron chi connectivity index (χ0n) is 13.7. The molecule has 1 heteroatoms. The van der Waals surface area contributed by atoms with E-state index in [4.69, 9.17) is 0 Å². The molecule has 0 bridgehead atoms. The summed E-state index contributed by atoms with van der Waals surface area (Å²) in [6.45, 7) is 0. The topological polar surface area (TPSA) is 12.0 Å². The molecule has 0 aliphatic heterocycles. The summed E-state index contributed by atoms with van der Waals surface area (Å²) in [5.74, 6) is 0. The molecule has 0 radical (unpaired) electrons. The minimum absolute atomic E-state index is 0.398. The van der Waals surface area contributed by atoms with Crippen molar-refractivity contribution < 1.29 is 0 Å². The van der Waals surface area contributed by atoms with Crippen LogP contribution >= 0.6 is 0 Å². The standard InChI is InChI=1S/C22H25N/c1-3-9-17(10-4-1)15-19-16-18-11-7-8-14-21(18)22(19)23-20-12-5-2-6-13-20/h1,3-4,7-11,14-15,20,22-23H,2,5-6,12-13,16H2. The highest BCUT2D eigenvalue weighted by Crippen LogP contribution is 2.38. The molecule has 2 aliphatic rings. The molecule has 1 saturated carbocycles. The smallest absolute Gasteiger partial charge is 0.0547 e. The Morgan fingerprint density at radius 2 is 1.57 bits per heavy atom. The maximum absolute atomic E-state index is 3.98. The molecule has 2 aliphatic carbocycles. The van der Waals surface area contributed by atoms with Gasteiger partial charge in [-0.3, -0.25) is 0 Å². The van der Waals surface area contributed by atoms with Crippen LogP contribution in [0.3, 0.4) is 0 Å². The number of fused-ring (bicyclic) bond motifs is 1. The number of nitrogens with one attached hydrogen (secondary N) is 1. The van der Waals surface area contributed by atoms with Crippen LogP contribution in [0.5, 0.6) is 0 Å². The molecular formula is C22H25N. The Hall–Kier alpha value is -1.86. The van der Waals surface area contributed by atoms with Gasteiger partial charge in [0.15, 0.2) is 0 Å². The van der Waals surface area contributed by atoms with Gasteiger partial charge in [0.2, 0.25) is 0 Å². The van der Waals surface area contributed by atoms with Crippen LogP contribution < -0.4 is 5.32 Å². The van der Waals surface area contributed by atoms with E-state index in [1.54, 1.807) is 0 Å². The monoisotopic (exact) mass is 303 g/mol. The van der Waals surface area contributed by atoms with E-state index in [1.165, 1.54) is 54.4 Å². The number of benzene rings is 2. The lowest BCUT2D eigenvalue weighted by atomic mass is 9.93. The molecular weight excluding hydrogens is 278 g/mol. The normalized spacial score (nSPS) is 23.1. The fourth-order valence-corrected chi connectivity index (χ4v) is 4.10. The average Bonchev–Trinajstić information content (AvgIpc) is 2.94. The second-order valence-corrected chi connectivity index (χ2v) is 6.94. The largest absolute Gasteiger partial charge is 0.304 e. The van der Waals surface area contributed by atoms with Gasteiger partial charge < -0.3 is 5.32 Å². The summed E-state index contributed by atoms with van der Waals surface area (Å²) < 4.78 is 0. The molecule has 4 rings (SSSR count). The number of hydrogen-bond donors (Lipinski definition) is 1. The second-order valence-electron chi connectivity index (χ2n) is 6.94. The van der Waals surface area contributed by atoms with Crippen molar-refractivity contribution in [1.82, 2.24) is 5.32 Å². The van der Waals surface area contributed by atoms with E-state index in [2.05, 4.69) is 66.0 Å². The molecule has 0 amide bonds. The first kappa shape index (κ1) is 14.7. The summed E-state index contributed by atoms with van der Waals surface area (Å²) in [5.41, 5.74) is 5.80. The zero-order chi connectivity index (χ0) is 15.5. The van der Waals surface area contributed by atoms with Gasteiger partial charge in [-0.1, -0.05) is 79.9 Å². The van der Waals surface area contributed by atoms with Crippen molar-refractivity contribution in [2.75, 3.05) is 0 Å². The van der Waals surface area contributed by atoms with E-state index in [-0.39, 0.29) is 0 Å². The van der Waals surface area contributed by atoms with Gasteiger partial charge in [-0.15, -0.1) is 0 Å². The summed E-state index contributed by atoms with van der Waals surface area (Å²) in [6, 6.07) is 20.8. The molecule has 1 N–H and O–H groups in total. The van der Waals surface area contributed by atoms with Crippen molar-refractivity contribution >= 4 is 6.08 Å². The summed E-state index contributed by atoms with van der Waals surface area (Å²) in [7, 11) is 0. The van der Waals surface area contributed by atoms with Crippen molar-refractivity contribution in [2.24, 2.45) is 0 Å². The quantitative estimate of drug-likeness (QED) is 0.812. The molecule has 0 heterocycles. The van der Waals surface area contributed by atoms with Gasteiger partial charge in [0, 0.05) is 6.04 Å². The molecule has 1 nitrogen and oxygen atoms in total. The molecule has 118 valence electrons. The van der Waals surface area contributed by atoms with Crippen molar-refractivity contribution in [1.29, 1.82) is 0 Å². The molecule has 0 saturated heterocycles. The summed E-state index contributed by atoms with van der Waals surface area (Å²) in [5, 5.41) is 3.98. The zero-order valence-corrected chi connectivity index (χ0v) is 13.7. The fraction of sp³-hybridized carbons (Fsp3) is 0.364. The molecule has 23 heavy (non-hydrogen) atoms. The Balaban J connectivity index is 1.63. The first-order valence-corrected chi connectivity index (χ1v) is 8.99. The molecule has 0 spiro atoms. The van der Waals surface area contributed by atoms with Gasteiger partial charge >= 0.3 is 0 Å². The van der Waals surface area contributed by atoms with Crippen molar-refractivity contribution in [3.63, 3.8) is 0 Å². The van der Waals surface area contributed by atoms with Gasteiger partial charge in [-0.05, 0) is 41.5 Å². The highest BCUT2D eigenvalue weighted by molar-refractivity contribution is 5.60. The van der Waals surface area contributed by atoms with E-state index < -0.39 is 0 Å². The van der Waals surface area contributed by atoms with Crippen LogP contribution in [-0.2, 0) is 6.42 Å². The first-order chi connectivity index (χ1) is 11.4. The molecule has 1 fully saturated rings. The van der Waals surface area contributed by atoms with Crippen LogP contribution in [0.1, 0.15) is 54.8 Å². The maximum atomic E-state index is 3.98. The Bertz CT molecular complexity index is 680. The third kappa shape index (κ3) is 3.25. The highest BCUT2D eigenvalue weighted by Gasteiger charge is 2.29. The van der Waals surface area contributed by atoms with Crippen molar-refractivity contribution in [3.05, 3.63) is 76.9 Å². The van der Waals surface area contributed by atoms with Crippen molar-refractivity contribution in [2.45, 2.75) is 50.6 Å². The summed E-state index contributed by atoms with van der Waals surface area (Å²) >= 11 is 0. The molecule has 1 unspecified atom stereocenters.